The second-order valence-electron chi connectivity index (χ2n) is 6.32. The van der Waals surface area contributed by atoms with E-state index in [-0.39, 0.29) is 24.5 Å². The molecule has 0 N–H and O–H groups in total. The smallest absolute Gasteiger partial charge is 0.268 e. The summed E-state index contributed by atoms with van der Waals surface area (Å²) in [4.78, 5) is 28.4. The summed E-state index contributed by atoms with van der Waals surface area (Å²) in [6.45, 7) is 7.75. The predicted molar refractivity (Wildman–Crippen MR) is 108 cm³/mol. The average molecular weight is 379 g/mol. The van der Waals surface area contributed by atoms with Crippen LogP contribution in [0.1, 0.15) is 19.4 Å². The molecule has 138 valence electrons. The zero-order valence-electron chi connectivity index (χ0n) is 15.3. The third kappa shape index (κ3) is 4.14. The number of carbonyl (C=O) groups is 2. The number of thioether (sulfide) groups is 1. The standard InChI is InChI=1S/C22H21NO3S/c1-4-14-23-21(24)19(16-10-12-17(13-11-16)26-15(2)3)20(22(23)25)27-18-8-6-5-7-9-18/h4-13,15H,1,14H2,2-3H3. The molecule has 1 aliphatic heterocycles. The summed E-state index contributed by atoms with van der Waals surface area (Å²) in [5, 5.41) is 0. The first kappa shape index (κ1) is 19.0. The Bertz CT molecular complexity index is 886. The molecule has 0 bridgehead atoms. The molecular formula is C22H21NO3S. The third-order valence-electron chi connectivity index (χ3n) is 3.92. The van der Waals surface area contributed by atoms with E-state index >= 15 is 0 Å². The molecule has 4 nitrogen and oxygen atoms in total. The minimum Gasteiger partial charge on any atom is -0.491 e. The minimum atomic E-state index is -0.296. The number of ether oxygens (including phenoxy) is 1. The Morgan fingerprint density at radius 3 is 2.30 bits per heavy atom. The minimum absolute atomic E-state index is 0.0667. The van der Waals surface area contributed by atoms with Crippen molar-refractivity contribution in [1.29, 1.82) is 0 Å². The van der Waals surface area contributed by atoms with Gasteiger partial charge in [-0.05, 0) is 43.7 Å². The van der Waals surface area contributed by atoms with Crippen molar-refractivity contribution in [2.24, 2.45) is 0 Å². The van der Waals surface area contributed by atoms with Crippen LogP contribution in [0.4, 0.5) is 0 Å². The molecule has 0 fully saturated rings. The van der Waals surface area contributed by atoms with Crippen molar-refractivity contribution >= 4 is 29.1 Å². The van der Waals surface area contributed by atoms with Crippen molar-refractivity contribution < 1.29 is 14.3 Å². The van der Waals surface area contributed by atoms with Crippen LogP contribution in [-0.4, -0.2) is 29.4 Å². The van der Waals surface area contributed by atoms with E-state index < -0.39 is 0 Å². The molecular weight excluding hydrogens is 358 g/mol. The summed E-state index contributed by atoms with van der Waals surface area (Å²) < 4.78 is 5.67. The largest absolute Gasteiger partial charge is 0.491 e. The van der Waals surface area contributed by atoms with Crippen molar-refractivity contribution in [3.05, 3.63) is 77.7 Å². The quantitative estimate of drug-likeness (QED) is 0.524. The molecule has 1 heterocycles. The number of amides is 2. The van der Waals surface area contributed by atoms with Gasteiger partial charge in [0, 0.05) is 11.4 Å². The summed E-state index contributed by atoms with van der Waals surface area (Å²) >= 11 is 1.31. The highest BCUT2D eigenvalue weighted by Gasteiger charge is 2.38. The molecule has 0 saturated carbocycles. The summed E-state index contributed by atoms with van der Waals surface area (Å²) in [5.41, 5.74) is 1.13. The van der Waals surface area contributed by atoms with Gasteiger partial charge in [-0.1, -0.05) is 48.2 Å². The second-order valence-corrected chi connectivity index (χ2v) is 7.40. The van der Waals surface area contributed by atoms with Crippen LogP contribution < -0.4 is 4.74 Å². The van der Waals surface area contributed by atoms with E-state index in [2.05, 4.69) is 6.58 Å². The summed E-state index contributed by atoms with van der Waals surface area (Å²) in [6.07, 6.45) is 1.63. The van der Waals surface area contributed by atoms with Crippen molar-refractivity contribution in [3.8, 4) is 5.75 Å². The van der Waals surface area contributed by atoms with Gasteiger partial charge in [0.25, 0.3) is 11.8 Å². The maximum atomic E-state index is 12.9. The van der Waals surface area contributed by atoms with Gasteiger partial charge in [-0.15, -0.1) is 6.58 Å². The zero-order chi connectivity index (χ0) is 19.4. The number of hydrogen-bond acceptors (Lipinski definition) is 4. The van der Waals surface area contributed by atoms with Crippen LogP contribution in [-0.2, 0) is 9.59 Å². The molecule has 0 spiro atoms. The van der Waals surface area contributed by atoms with E-state index in [9.17, 15) is 9.59 Å². The first-order valence-electron chi connectivity index (χ1n) is 8.72. The Hall–Kier alpha value is -2.79. The van der Waals surface area contributed by atoms with Crippen LogP contribution in [0, 0.1) is 0 Å². The van der Waals surface area contributed by atoms with Crippen LogP contribution in [0.5, 0.6) is 5.75 Å². The molecule has 0 aliphatic carbocycles. The molecule has 2 amide bonds. The normalized spacial score (nSPS) is 14.3. The lowest BCUT2D eigenvalue weighted by atomic mass is 10.1. The van der Waals surface area contributed by atoms with Gasteiger partial charge in [0.15, 0.2) is 0 Å². The van der Waals surface area contributed by atoms with Crippen molar-refractivity contribution in [1.82, 2.24) is 4.90 Å². The van der Waals surface area contributed by atoms with Crippen LogP contribution in [0.15, 0.2) is 77.1 Å². The second kappa shape index (κ2) is 8.27. The fourth-order valence-electron chi connectivity index (χ4n) is 2.78. The number of nitrogens with zero attached hydrogens (tertiary/aromatic N) is 1. The van der Waals surface area contributed by atoms with Crippen molar-refractivity contribution in [2.45, 2.75) is 24.8 Å². The third-order valence-corrected chi connectivity index (χ3v) is 5.01. The van der Waals surface area contributed by atoms with Gasteiger partial charge in [-0.2, -0.15) is 0 Å². The monoisotopic (exact) mass is 379 g/mol. The maximum Gasteiger partial charge on any atom is 0.268 e. The highest BCUT2D eigenvalue weighted by Crippen LogP contribution is 2.39. The zero-order valence-corrected chi connectivity index (χ0v) is 16.2. The molecule has 0 aromatic heterocycles. The number of rotatable bonds is 7. The molecule has 0 saturated heterocycles. The fraction of sp³-hybridized carbons (Fsp3) is 0.182. The molecule has 0 atom stereocenters. The number of hydrogen-bond donors (Lipinski definition) is 0. The van der Waals surface area contributed by atoms with E-state index in [0.29, 0.717) is 16.0 Å². The lowest BCUT2D eigenvalue weighted by molar-refractivity contribution is -0.135. The van der Waals surface area contributed by atoms with Crippen LogP contribution in [0.25, 0.3) is 5.57 Å². The average Bonchev–Trinajstić information content (AvgIpc) is 2.88. The van der Waals surface area contributed by atoms with E-state index in [1.807, 2.05) is 68.4 Å². The van der Waals surface area contributed by atoms with Crippen LogP contribution in [0.2, 0.25) is 0 Å². The van der Waals surface area contributed by atoms with Gasteiger partial charge >= 0.3 is 0 Å². The molecule has 0 radical (unpaired) electrons. The van der Waals surface area contributed by atoms with Crippen molar-refractivity contribution in [2.75, 3.05) is 6.54 Å². The van der Waals surface area contributed by atoms with E-state index in [0.717, 1.165) is 10.6 Å². The Labute approximate surface area is 163 Å². The molecule has 5 heteroatoms. The first-order valence-corrected chi connectivity index (χ1v) is 9.54. The Kier molecular flexibility index (Phi) is 5.81. The Morgan fingerprint density at radius 2 is 1.70 bits per heavy atom. The highest BCUT2D eigenvalue weighted by molar-refractivity contribution is 8.04. The van der Waals surface area contributed by atoms with Crippen molar-refractivity contribution in [3.63, 3.8) is 0 Å². The summed E-state index contributed by atoms with van der Waals surface area (Å²) in [5.74, 6) is 0.147. The number of carbonyl (C=O) groups excluding carboxylic acids is 2. The first-order chi connectivity index (χ1) is 13.0. The van der Waals surface area contributed by atoms with Crippen LogP contribution >= 0.6 is 11.8 Å². The lowest BCUT2D eigenvalue weighted by Crippen LogP contribution is -2.31. The highest BCUT2D eigenvalue weighted by atomic mass is 32.2. The van der Waals surface area contributed by atoms with Gasteiger partial charge in [0.1, 0.15) is 5.75 Å². The molecule has 27 heavy (non-hydrogen) atoms. The summed E-state index contributed by atoms with van der Waals surface area (Å²) in [7, 11) is 0. The van der Waals surface area contributed by atoms with E-state index in [1.54, 1.807) is 6.08 Å². The van der Waals surface area contributed by atoms with Gasteiger partial charge in [0.05, 0.1) is 16.6 Å². The Balaban J connectivity index is 2.01. The predicted octanol–water partition coefficient (Wildman–Crippen LogP) is 4.53. The molecule has 2 aromatic carbocycles. The fourth-order valence-corrected chi connectivity index (χ4v) is 3.81. The van der Waals surface area contributed by atoms with E-state index in [1.165, 1.54) is 16.7 Å². The van der Waals surface area contributed by atoms with Gasteiger partial charge in [0.2, 0.25) is 0 Å². The topological polar surface area (TPSA) is 46.6 Å². The Morgan fingerprint density at radius 1 is 1.04 bits per heavy atom. The number of imide groups is 1. The van der Waals surface area contributed by atoms with Gasteiger partial charge in [-0.25, -0.2) is 0 Å². The maximum absolute atomic E-state index is 12.9. The molecule has 0 unspecified atom stereocenters. The van der Waals surface area contributed by atoms with Crippen LogP contribution in [0.3, 0.4) is 0 Å². The summed E-state index contributed by atoms with van der Waals surface area (Å²) in [6, 6.07) is 16.8. The lowest BCUT2D eigenvalue weighted by Gasteiger charge is -2.12. The molecule has 1 aliphatic rings. The van der Waals surface area contributed by atoms with E-state index in [4.69, 9.17) is 4.74 Å². The number of benzene rings is 2. The SMILES string of the molecule is C=CCN1C(=O)C(Sc2ccccc2)=C(c2ccc(OC(C)C)cc2)C1=O. The van der Waals surface area contributed by atoms with Gasteiger partial charge in [-0.3, -0.25) is 14.5 Å². The molecule has 3 rings (SSSR count). The molecule has 2 aromatic rings. The van der Waals surface area contributed by atoms with Gasteiger partial charge < -0.3 is 4.74 Å².